The third-order valence-electron chi connectivity index (χ3n) is 6.40. The number of nitrogens with zero attached hydrogens (tertiary/aromatic N) is 4. The van der Waals surface area contributed by atoms with Gasteiger partial charge in [-0.1, -0.05) is 152 Å². The molecule has 0 N–H and O–H groups in total. The van der Waals surface area contributed by atoms with Crippen LogP contribution in [-0.2, 0) is 0 Å². The van der Waals surface area contributed by atoms with E-state index in [4.69, 9.17) is 14.8 Å². The average molecular weight is 509 g/mol. The quantitative estimate of drug-likeness (QED) is 0.227. The van der Waals surface area contributed by atoms with Gasteiger partial charge in [0.15, 0.2) is 0 Å². The zero-order chi connectivity index (χ0) is 25.6. The summed E-state index contributed by atoms with van der Waals surface area (Å²) in [7, 11) is -2.51. The predicted molar refractivity (Wildman–Crippen MR) is 158 cm³/mol. The summed E-state index contributed by atoms with van der Waals surface area (Å²) in [5.41, 5.74) is 3.44. The van der Waals surface area contributed by atoms with Crippen molar-refractivity contribution in [2.45, 2.75) is 0 Å². The fraction of sp³-hybridized carbons (Fsp3) is 0. The Morgan fingerprint density at radius 3 is 1.18 bits per heavy atom. The molecule has 0 spiro atoms. The molecule has 0 atom stereocenters. The van der Waals surface area contributed by atoms with E-state index in [1.54, 1.807) is 0 Å². The lowest BCUT2D eigenvalue weighted by atomic mass is 10.0. The molecule has 0 fully saturated rings. The van der Waals surface area contributed by atoms with Gasteiger partial charge in [-0.05, 0) is 0 Å². The molecule has 4 nitrogen and oxygen atoms in total. The van der Waals surface area contributed by atoms with Gasteiger partial charge in [-0.15, -0.1) is 10.2 Å². The largest absolute Gasteiger partial charge is 0.269 e. The predicted octanol–water partition coefficient (Wildman–Crippen LogP) is 7.01. The van der Waals surface area contributed by atoms with Crippen molar-refractivity contribution in [1.82, 2.24) is 15.2 Å². The third-order valence-corrected chi connectivity index (χ3v) is 10.0. The van der Waals surface area contributed by atoms with E-state index >= 15 is 0 Å². The van der Waals surface area contributed by atoms with Crippen LogP contribution >= 0.6 is 7.05 Å². The van der Waals surface area contributed by atoms with Crippen molar-refractivity contribution in [3.63, 3.8) is 0 Å². The molecule has 0 aliphatic carbocycles. The van der Waals surface area contributed by atoms with Crippen molar-refractivity contribution in [1.29, 1.82) is 0 Å². The summed E-state index contributed by atoms with van der Waals surface area (Å²) in [5, 5.41) is 12.7. The molecular weight excluding hydrogens is 483 g/mol. The maximum atomic E-state index is 5.45. The van der Waals surface area contributed by atoms with E-state index in [1.165, 1.54) is 0 Å². The Morgan fingerprint density at radius 1 is 0.395 bits per heavy atom. The fourth-order valence-electron chi connectivity index (χ4n) is 4.63. The lowest BCUT2D eigenvalue weighted by molar-refractivity contribution is 0.978. The van der Waals surface area contributed by atoms with Crippen molar-refractivity contribution in [3.05, 3.63) is 152 Å². The lowest BCUT2D eigenvalue weighted by Crippen LogP contribution is -2.25. The minimum absolute atomic E-state index is 0.369. The number of rotatable bonds is 6. The van der Waals surface area contributed by atoms with E-state index in [2.05, 4.69) is 77.9 Å². The van der Waals surface area contributed by atoms with Gasteiger partial charge in [0.2, 0.25) is 0 Å². The second-order valence-corrected chi connectivity index (χ2v) is 11.8. The van der Waals surface area contributed by atoms with Crippen molar-refractivity contribution in [3.8, 4) is 22.5 Å². The molecule has 0 aliphatic heterocycles. The molecule has 6 rings (SSSR count). The van der Waals surface area contributed by atoms with Gasteiger partial charge in [0.1, 0.15) is 11.4 Å². The zero-order valence-electron chi connectivity index (χ0n) is 20.7. The zero-order valence-corrected chi connectivity index (χ0v) is 21.6. The Balaban J connectivity index is 1.67. The number of hydrogen-bond acceptors (Lipinski definition) is 4. The average Bonchev–Trinajstić information content (AvgIpc) is 3.02. The van der Waals surface area contributed by atoms with E-state index in [-0.39, 0.29) is 0 Å². The highest BCUT2D eigenvalue weighted by Gasteiger charge is 2.28. The first-order chi connectivity index (χ1) is 18.8. The van der Waals surface area contributed by atoms with Gasteiger partial charge in [-0.2, -0.15) is 0 Å². The van der Waals surface area contributed by atoms with Gasteiger partial charge in [0, 0.05) is 27.0 Å². The van der Waals surface area contributed by atoms with E-state index in [9.17, 15) is 0 Å². The molecule has 0 saturated carbocycles. The van der Waals surface area contributed by atoms with Crippen LogP contribution in [0, 0.1) is 0 Å². The number of aromatic nitrogens is 3. The summed E-state index contributed by atoms with van der Waals surface area (Å²) >= 11 is 0. The second-order valence-electron chi connectivity index (χ2n) is 8.78. The summed E-state index contributed by atoms with van der Waals surface area (Å²) in [6, 6.07) is 51.6. The summed E-state index contributed by atoms with van der Waals surface area (Å²) in [6.07, 6.45) is 0. The van der Waals surface area contributed by atoms with Crippen molar-refractivity contribution < 1.29 is 0 Å². The maximum absolute atomic E-state index is 5.45. The van der Waals surface area contributed by atoms with Crippen molar-refractivity contribution >= 4 is 28.9 Å². The van der Waals surface area contributed by atoms with Crippen molar-refractivity contribution in [2.75, 3.05) is 0 Å². The highest BCUT2D eigenvalue weighted by Crippen LogP contribution is 2.48. The van der Waals surface area contributed by atoms with Crippen LogP contribution in [-0.4, -0.2) is 15.2 Å². The molecule has 5 heteroatoms. The first kappa shape index (κ1) is 23.7. The molecule has 0 bridgehead atoms. The number of benzene rings is 5. The minimum Gasteiger partial charge on any atom is -0.216 e. The second kappa shape index (κ2) is 10.8. The van der Waals surface area contributed by atoms with Crippen LogP contribution in [0.25, 0.3) is 22.5 Å². The molecule has 6 aromatic rings. The maximum Gasteiger partial charge on any atom is 0.269 e. The highest BCUT2D eigenvalue weighted by molar-refractivity contribution is 7.87. The van der Waals surface area contributed by atoms with Crippen LogP contribution < -0.4 is 15.9 Å². The van der Waals surface area contributed by atoms with Crippen LogP contribution in [0.15, 0.2) is 156 Å². The van der Waals surface area contributed by atoms with Crippen LogP contribution in [0.1, 0.15) is 0 Å². The van der Waals surface area contributed by atoms with Gasteiger partial charge in [-0.3, -0.25) is 0 Å². The Morgan fingerprint density at radius 2 is 0.763 bits per heavy atom. The van der Waals surface area contributed by atoms with E-state index in [0.29, 0.717) is 5.95 Å². The van der Waals surface area contributed by atoms with Crippen LogP contribution in [0.2, 0.25) is 0 Å². The summed E-state index contributed by atoms with van der Waals surface area (Å²) < 4.78 is 5.45. The molecule has 0 saturated heterocycles. The smallest absolute Gasteiger partial charge is 0.216 e. The standard InChI is InChI=1S/C33H25N4P/c1-6-16-26(17-7-1)31-32(27-18-8-2-9-19-27)35-36-33(34-31)37-38(28-20-10-3-11-21-28,29-22-12-4-13-23-29)30-24-14-5-15-25-30/h1-25H. The van der Waals surface area contributed by atoms with Gasteiger partial charge < -0.3 is 0 Å². The lowest BCUT2D eigenvalue weighted by Gasteiger charge is -2.26. The Labute approximate surface area is 222 Å². The normalized spacial score (nSPS) is 11.2. The topological polar surface area (TPSA) is 51.0 Å². The highest BCUT2D eigenvalue weighted by atomic mass is 31.2. The van der Waals surface area contributed by atoms with Crippen LogP contribution in [0.4, 0.5) is 5.95 Å². The van der Waals surface area contributed by atoms with Crippen molar-refractivity contribution in [2.24, 2.45) is 4.74 Å². The van der Waals surface area contributed by atoms with Crippen LogP contribution in [0.3, 0.4) is 0 Å². The molecule has 0 radical (unpaired) electrons. The fourth-order valence-corrected chi connectivity index (χ4v) is 8.04. The Kier molecular flexibility index (Phi) is 6.72. The summed E-state index contributed by atoms with van der Waals surface area (Å²) in [5.74, 6) is 0.369. The first-order valence-electron chi connectivity index (χ1n) is 12.5. The SMILES string of the molecule is c1ccc(-c2nnc(N=P(c3ccccc3)(c3ccccc3)c3ccccc3)nc2-c2ccccc2)cc1. The molecular formula is C33H25N4P. The molecule has 1 heterocycles. The third kappa shape index (κ3) is 4.58. The molecule has 5 aromatic carbocycles. The molecule has 0 unspecified atom stereocenters. The monoisotopic (exact) mass is 508 g/mol. The molecule has 182 valence electrons. The molecule has 0 aliphatic rings. The van der Waals surface area contributed by atoms with E-state index in [1.807, 2.05) is 78.9 Å². The summed E-state index contributed by atoms with van der Waals surface area (Å²) in [6.45, 7) is 0. The molecule has 38 heavy (non-hydrogen) atoms. The minimum atomic E-state index is -2.51. The van der Waals surface area contributed by atoms with E-state index in [0.717, 1.165) is 38.4 Å². The Bertz CT molecular complexity index is 1590. The van der Waals surface area contributed by atoms with E-state index < -0.39 is 7.05 Å². The van der Waals surface area contributed by atoms with Gasteiger partial charge in [0.05, 0.1) is 7.05 Å². The van der Waals surface area contributed by atoms with Crippen LogP contribution in [0.5, 0.6) is 0 Å². The molecule has 1 aromatic heterocycles. The Hall–Kier alpha value is -4.66. The van der Waals surface area contributed by atoms with Gasteiger partial charge in [-0.25, -0.2) is 9.73 Å². The number of hydrogen-bond donors (Lipinski definition) is 0. The summed E-state index contributed by atoms with van der Waals surface area (Å²) in [4.78, 5) is 5.07. The van der Waals surface area contributed by atoms with Gasteiger partial charge in [0.25, 0.3) is 5.95 Å². The molecule has 0 amide bonds. The van der Waals surface area contributed by atoms with Gasteiger partial charge >= 0.3 is 0 Å². The first-order valence-corrected chi connectivity index (χ1v) is 14.2.